The summed E-state index contributed by atoms with van der Waals surface area (Å²) in [6, 6.07) is 12.8. The van der Waals surface area contributed by atoms with Crippen molar-refractivity contribution in [3.8, 4) is 11.8 Å². The van der Waals surface area contributed by atoms with E-state index in [1.807, 2.05) is 6.07 Å². The second kappa shape index (κ2) is 8.82. The predicted octanol–water partition coefficient (Wildman–Crippen LogP) is 5.65. The largest absolute Gasteiger partial charge is 0.416 e. The first-order chi connectivity index (χ1) is 14.2. The summed E-state index contributed by atoms with van der Waals surface area (Å²) in [5.41, 5.74) is 0.0526. The van der Waals surface area contributed by atoms with Gasteiger partial charge in [-0.05, 0) is 48.4 Å². The number of aromatic nitrogens is 1. The number of nitriles is 1. The summed E-state index contributed by atoms with van der Waals surface area (Å²) < 4.78 is 40.4. The molecule has 0 aliphatic carbocycles. The van der Waals surface area contributed by atoms with Crippen molar-refractivity contribution in [1.29, 1.82) is 5.26 Å². The molecule has 3 aromatic rings. The van der Waals surface area contributed by atoms with E-state index in [0.717, 1.165) is 17.7 Å². The molecular weight excluding hydrogens is 438 g/mol. The molecule has 2 aromatic carbocycles. The number of hydrogen-bond acceptors (Lipinski definition) is 2. The van der Waals surface area contributed by atoms with Crippen LogP contribution in [-0.4, -0.2) is 17.0 Å². The van der Waals surface area contributed by atoms with Gasteiger partial charge in [0.05, 0.1) is 11.1 Å². The number of nitrogens with zero attached hydrogens (tertiary/aromatic N) is 2. The van der Waals surface area contributed by atoms with Gasteiger partial charge in [0, 0.05) is 28.5 Å². The third-order valence-corrected chi connectivity index (χ3v) is 4.96. The molecular formula is C21H14Cl2F3N3O. The van der Waals surface area contributed by atoms with Crippen molar-refractivity contribution >= 4 is 29.1 Å². The van der Waals surface area contributed by atoms with Gasteiger partial charge >= 0.3 is 6.18 Å². The number of nitrogens with one attached hydrogen (secondary N) is 1. The van der Waals surface area contributed by atoms with Crippen LogP contribution in [0.2, 0.25) is 10.0 Å². The summed E-state index contributed by atoms with van der Waals surface area (Å²) in [5, 5.41) is 13.0. The monoisotopic (exact) mass is 451 g/mol. The lowest BCUT2D eigenvalue weighted by atomic mass is 10.1. The molecule has 0 unspecified atom stereocenters. The molecule has 1 aromatic heterocycles. The van der Waals surface area contributed by atoms with E-state index in [1.165, 1.54) is 29.0 Å². The molecule has 0 spiro atoms. The second-order valence-electron chi connectivity index (χ2n) is 6.35. The van der Waals surface area contributed by atoms with Gasteiger partial charge in [0.2, 0.25) is 0 Å². The van der Waals surface area contributed by atoms with Crippen LogP contribution in [0.5, 0.6) is 0 Å². The molecule has 0 saturated heterocycles. The zero-order valence-electron chi connectivity index (χ0n) is 15.3. The Hall–Kier alpha value is -2.95. The molecule has 1 N–H and O–H groups in total. The molecule has 0 radical (unpaired) electrons. The number of hydrogen-bond donors (Lipinski definition) is 1. The zero-order chi connectivity index (χ0) is 21.9. The topological polar surface area (TPSA) is 57.8 Å². The summed E-state index contributed by atoms with van der Waals surface area (Å²) >= 11 is 12.0. The lowest BCUT2D eigenvalue weighted by Crippen LogP contribution is -2.28. The van der Waals surface area contributed by atoms with E-state index in [9.17, 15) is 23.2 Å². The fraction of sp³-hybridized carbons (Fsp3) is 0.143. The molecule has 30 heavy (non-hydrogen) atoms. The van der Waals surface area contributed by atoms with Crippen molar-refractivity contribution in [3.05, 3.63) is 87.2 Å². The predicted molar refractivity (Wildman–Crippen MR) is 108 cm³/mol. The Morgan fingerprint density at radius 2 is 1.90 bits per heavy atom. The molecule has 3 rings (SSSR count). The average molecular weight is 452 g/mol. The summed E-state index contributed by atoms with van der Waals surface area (Å²) in [5.74, 6) is -0.584. The number of carbonyl (C=O) groups is 1. The number of carbonyl (C=O) groups excluding carboxylic acids is 1. The molecule has 9 heteroatoms. The third-order valence-electron chi connectivity index (χ3n) is 4.37. The molecule has 1 amide bonds. The Kier molecular flexibility index (Phi) is 6.40. The number of rotatable bonds is 5. The molecule has 0 atom stereocenters. The van der Waals surface area contributed by atoms with Crippen LogP contribution in [0.25, 0.3) is 5.69 Å². The van der Waals surface area contributed by atoms with Crippen molar-refractivity contribution in [2.75, 3.05) is 6.54 Å². The third kappa shape index (κ3) is 4.78. The highest BCUT2D eigenvalue weighted by atomic mass is 35.5. The highest BCUT2D eigenvalue weighted by molar-refractivity contribution is 6.35. The maximum Gasteiger partial charge on any atom is 0.416 e. The highest BCUT2D eigenvalue weighted by Gasteiger charge is 2.31. The van der Waals surface area contributed by atoms with Crippen molar-refractivity contribution in [3.63, 3.8) is 0 Å². The van der Waals surface area contributed by atoms with Crippen LogP contribution in [0.4, 0.5) is 13.2 Å². The van der Waals surface area contributed by atoms with E-state index in [4.69, 9.17) is 23.2 Å². The Morgan fingerprint density at radius 3 is 2.57 bits per heavy atom. The molecule has 4 nitrogen and oxygen atoms in total. The van der Waals surface area contributed by atoms with E-state index in [-0.39, 0.29) is 23.5 Å². The van der Waals surface area contributed by atoms with Crippen LogP contribution in [0.1, 0.15) is 27.2 Å². The number of amides is 1. The fourth-order valence-electron chi connectivity index (χ4n) is 2.92. The van der Waals surface area contributed by atoms with Crippen LogP contribution >= 0.6 is 23.2 Å². The van der Waals surface area contributed by atoms with E-state index in [0.29, 0.717) is 16.5 Å². The fourth-order valence-corrected chi connectivity index (χ4v) is 3.42. The molecule has 0 fully saturated rings. The first-order valence-corrected chi connectivity index (χ1v) is 9.47. The van der Waals surface area contributed by atoms with E-state index >= 15 is 0 Å². The van der Waals surface area contributed by atoms with Crippen molar-refractivity contribution in [2.24, 2.45) is 0 Å². The van der Waals surface area contributed by atoms with Gasteiger partial charge in [-0.1, -0.05) is 35.3 Å². The van der Waals surface area contributed by atoms with Crippen LogP contribution in [-0.2, 0) is 12.6 Å². The van der Waals surface area contributed by atoms with E-state index in [1.54, 1.807) is 18.2 Å². The van der Waals surface area contributed by atoms with Crippen molar-refractivity contribution < 1.29 is 18.0 Å². The van der Waals surface area contributed by atoms with Gasteiger partial charge in [-0.15, -0.1) is 0 Å². The lowest BCUT2D eigenvalue weighted by molar-refractivity contribution is -0.137. The minimum Gasteiger partial charge on any atom is -0.350 e. The summed E-state index contributed by atoms with van der Waals surface area (Å²) in [4.78, 5) is 12.7. The smallest absolute Gasteiger partial charge is 0.350 e. The maximum atomic E-state index is 13.0. The van der Waals surface area contributed by atoms with Crippen LogP contribution in [0.3, 0.4) is 0 Å². The van der Waals surface area contributed by atoms with Crippen LogP contribution < -0.4 is 5.32 Å². The Bertz CT molecular complexity index is 1130. The van der Waals surface area contributed by atoms with Gasteiger partial charge in [0.1, 0.15) is 11.8 Å². The van der Waals surface area contributed by atoms with Crippen molar-refractivity contribution in [1.82, 2.24) is 9.88 Å². The SMILES string of the molecule is N#Cc1ccn(-c2cccc(C(F)(F)F)c2)c1C(=O)NCCc1ccc(Cl)cc1Cl. The molecule has 1 heterocycles. The first kappa shape index (κ1) is 21.8. The summed E-state index contributed by atoms with van der Waals surface area (Å²) in [6.07, 6.45) is -2.73. The average Bonchev–Trinajstić information content (AvgIpc) is 3.13. The molecule has 0 bridgehead atoms. The van der Waals surface area contributed by atoms with Gasteiger partial charge in [-0.3, -0.25) is 4.79 Å². The first-order valence-electron chi connectivity index (χ1n) is 8.72. The quantitative estimate of drug-likeness (QED) is 0.544. The second-order valence-corrected chi connectivity index (χ2v) is 7.19. The summed E-state index contributed by atoms with van der Waals surface area (Å²) in [7, 11) is 0. The number of alkyl halides is 3. The van der Waals surface area contributed by atoms with Gasteiger partial charge in [0.25, 0.3) is 5.91 Å². The molecule has 0 aliphatic rings. The Labute approximate surface area is 180 Å². The Morgan fingerprint density at radius 1 is 1.13 bits per heavy atom. The van der Waals surface area contributed by atoms with Gasteiger partial charge in [-0.25, -0.2) is 0 Å². The van der Waals surface area contributed by atoms with Crippen LogP contribution in [0.15, 0.2) is 54.7 Å². The number of benzene rings is 2. The standard InChI is InChI=1S/C21H14Cl2F3N3O/c22-16-5-4-13(18(23)11-16)6-8-28-20(30)19-14(12-27)7-9-29(19)17-3-1-2-15(10-17)21(24,25)26/h1-5,7,9-11H,6,8H2,(H,28,30). The molecule has 0 saturated carbocycles. The molecule has 0 aliphatic heterocycles. The lowest BCUT2D eigenvalue weighted by Gasteiger charge is -2.13. The van der Waals surface area contributed by atoms with E-state index in [2.05, 4.69) is 5.32 Å². The Balaban J connectivity index is 1.83. The maximum absolute atomic E-state index is 13.0. The van der Waals surface area contributed by atoms with Gasteiger partial charge < -0.3 is 9.88 Å². The normalized spacial score (nSPS) is 11.2. The van der Waals surface area contributed by atoms with E-state index < -0.39 is 17.6 Å². The summed E-state index contributed by atoms with van der Waals surface area (Å²) in [6.45, 7) is 0.207. The van der Waals surface area contributed by atoms with Gasteiger partial charge in [-0.2, -0.15) is 18.4 Å². The van der Waals surface area contributed by atoms with Crippen molar-refractivity contribution in [2.45, 2.75) is 12.6 Å². The van der Waals surface area contributed by atoms with Crippen LogP contribution in [0, 0.1) is 11.3 Å². The minimum atomic E-state index is -4.53. The number of halogens is 5. The van der Waals surface area contributed by atoms with Gasteiger partial charge in [0.15, 0.2) is 0 Å². The molecule has 154 valence electrons. The zero-order valence-corrected chi connectivity index (χ0v) is 16.8. The highest BCUT2D eigenvalue weighted by Crippen LogP contribution is 2.31. The minimum absolute atomic E-state index is 0.0426.